The molecule has 1 aliphatic heterocycles. The van der Waals surface area contributed by atoms with Gasteiger partial charge in [0.05, 0.1) is 12.7 Å². The SMILES string of the molecule is CCOc1ccc(NC(=O)c2cccc(OCC3CCCO3)c2)cc1. The fourth-order valence-corrected chi connectivity index (χ4v) is 2.70. The molecule has 2 aromatic carbocycles. The summed E-state index contributed by atoms with van der Waals surface area (Å²) in [5, 5.41) is 2.88. The molecule has 3 rings (SSSR count). The van der Waals surface area contributed by atoms with Crippen molar-refractivity contribution in [2.24, 2.45) is 0 Å². The molecular weight excluding hydrogens is 318 g/mol. The average Bonchev–Trinajstić information content (AvgIpc) is 3.16. The van der Waals surface area contributed by atoms with Crippen molar-refractivity contribution < 1.29 is 19.0 Å². The predicted molar refractivity (Wildman–Crippen MR) is 96.5 cm³/mol. The van der Waals surface area contributed by atoms with E-state index in [1.807, 2.05) is 43.3 Å². The van der Waals surface area contributed by atoms with Crippen LogP contribution in [-0.4, -0.2) is 31.8 Å². The lowest BCUT2D eigenvalue weighted by atomic mass is 10.2. The second-order valence-corrected chi connectivity index (χ2v) is 5.89. The summed E-state index contributed by atoms with van der Waals surface area (Å²) in [6, 6.07) is 14.5. The Kier molecular flexibility index (Phi) is 5.90. The Labute approximate surface area is 147 Å². The molecular formula is C20H23NO4. The zero-order valence-electron chi connectivity index (χ0n) is 14.4. The van der Waals surface area contributed by atoms with Crippen molar-refractivity contribution in [3.63, 3.8) is 0 Å². The summed E-state index contributed by atoms with van der Waals surface area (Å²) < 4.78 is 16.7. The van der Waals surface area contributed by atoms with E-state index >= 15 is 0 Å². The first-order chi connectivity index (χ1) is 12.2. The highest BCUT2D eigenvalue weighted by molar-refractivity contribution is 6.04. The first-order valence-electron chi connectivity index (χ1n) is 8.63. The molecule has 25 heavy (non-hydrogen) atoms. The molecule has 0 aliphatic carbocycles. The summed E-state index contributed by atoms with van der Waals surface area (Å²) in [4.78, 5) is 12.4. The lowest BCUT2D eigenvalue weighted by Crippen LogP contribution is -2.17. The highest BCUT2D eigenvalue weighted by Crippen LogP contribution is 2.19. The fourth-order valence-electron chi connectivity index (χ4n) is 2.70. The highest BCUT2D eigenvalue weighted by atomic mass is 16.5. The molecule has 0 bridgehead atoms. The van der Waals surface area contributed by atoms with E-state index in [0.717, 1.165) is 30.9 Å². The lowest BCUT2D eigenvalue weighted by Gasteiger charge is -2.12. The first-order valence-corrected chi connectivity index (χ1v) is 8.63. The van der Waals surface area contributed by atoms with Crippen LogP contribution in [0.5, 0.6) is 11.5 Å². The van der Waals surface area contributed by atoms with E-state index in [2.05, 4.69) is 5.32 Å². The number of ether oxygens (including phenoxy) is 3. The third kappa shape index (κ3) is 4.97. The maximum absolute atomic E-state index is 12.4. The van der Waals surface area contributed by atoms with Gasteiger partial charge in [-0.25, -0.2) is 0 Å². The Hall–Kier alpha value is -2.53. The van der Waals surface area contributed by atoms with Gasteiger partial charge in [0.2, 0.25) is 0 Å². The van der Waals surface area contributed by atoms with Gasteiger partial charge < -0.3 is 19.5 Å². The zero-order chi connectivity index (χ0) is 17.5. The van der Waals surface area contributed by atoms with E-state index < -0.39 is 0 Å². The van der Waals surface area contributed by atoms with Crippen LogP contribution in [0.4, 0.5) is 5.69 Å². The van der Waals surface area contributed by atoms with Gasteiger partial charge in [-0.2, -0.15) is 0 Å². The summed E-state index contributed by atoms with van der Waals surface area (Å²) in [5.41, 5.74) is 1.28. The van der Waals surface area contributed by atoms with Crippen LogP contribution in [0.1, 0.15) is 30.1 Å². The number of carbonyl (C=O) groups is 1. The normalized spacial score (nSPS) is 16.4. The van der Waals surface area contributed by atoms with E-state index in [4.69, 9.17) is 14.2 Å². The quantitative estimate of drug-likeness (QED) is 0.830. The first kappa shape index (κ1) is 17.3. The molecule has 5 heteroatoms. The van der Waals surface area contributed by atoms with Gasteiger partial charge in [0, 0.05) is 17.9 Å². The Bertz CT molecular complexity index is 693. The van der Waals surface area contributed by atoms with Crippen LogP contribution in [0.3, 0.4) is 0 Å². The molecule has 0 aromatic heterocycles. The van der Waals surface area contributed by atoms with Gasteiger partial charge >= 0.3 is 0 Å². The molecule has 0 spiro atoms. The Morgan fingerprint density at radius 2 is 2.00 bits per heavy atom. The van der Waals surface area contributed by atoms with E-state index in [1.54, 1.807) is 12.1 Å². The molecule has 1 atom stereocenters. The van der Waals surface area contributed by atoms with Crippen molar-refractivity contribution in [3.8, 4) is 11.5 Å². The van der Waals surface area contributed by atoms with E-state index in [-0.39, 0.29) is 12.0 Å². The van der Waals surface area contributed by atoms with Crippen LogP contribution in [0.25, 0.3) is 0 Å². The third-order valence-corrected chi connectivity index (χ3v) is 3.98. The van der Waals surface area contributed by atoms with Gasteiger partial charge in [-0.05, 0) is 62.2 Å². The van der Waals surface area contributed by atoms with Crippen molar-refractivity contribution in [2.45, 2.75) is 25.9 Å². The number of rotatable bonds is 7. The molecule has 2 aromatic rings. The van der Waals surface area contributed by atoms with Crippen molar-refractivity contribution in [2.75, 3.05) is 25.1 Å². The molecule has 0 radical (unpaired) electrons. The number of hydrogen-bond acceptors (Lipinski definition) is 4. The van der Waals surface area contributed by atoms with E-state index in [1.165, 1.54) is 0 Å². The third-order valence-electron chi connectivity index (χ3n) is 3.98. The molecule has 1 N–H and O–H groups in total. The standard InChI is InChI=1S/C20H23NO4/c1-2-23-17-10-8-16(9-11-17)21-20(22)15-5-3-6-18(13-15)25-14-19-7-4-12-24-19/h3,5-6,8-11,13,19H,2,4,7,12,14H2,1H3,(H,21,22). The number of anilines is 1. The van der Waals surface area contributed by atoms with E-state index in [0.29, 0.717) is 24.5 Å². The van der Waals surface area contributed by atoms with Gasteiger partial charge in [0.25, 0.3) is 5.91 Å². The van der Waals surface area contributed by atoms with Gasteiger partial charge in [-0.1, -0.05) is 6.07 Å². The van der Waals surface area contributed by atoms with Crippen LogP contribution in [0.2, 0.25) is 0 Å². The summed E-state index contributed by atoms with van der Waals surface area (Å²) >= 11 is 0. The maximum Gasteiger partial charge on any atom is 0.255 e. The molecule has 1 heterocycles. The molecule has 1 unspecified atom stereocenters. The van der Waals surface area contributed by atoms with Crippen molar-refractivity contribution >= 4 is 11.6 Å². The maximum atomic E-state index is 12.4. The second-order valence-electron chi connectivity index (χ2n) is 5.89. The Balaban J connectivity index is 1.58. The van der Waals surface area contributed by atoms with Crippen LogP contribution >= 0.6 is 0 Å². The molecule has 1 fully saturated rings. The van der Waals surface area contributed by atoms with Gasteiger partial charge in [-0.15, -0.1) is 0 Å². The Morgan fingerprint density at radius 3 is 2.72 bits per heavy atom. The van der Waals surface area contributed by atoms with Crippen molar-refractivity contribution in [1.82, 2.24) is 0 Å². The summed E-state index contributed by atoms with van der Waals surface area (Å²) in [6.07, 6.45) is 2.26. The minimum absolute atomic E-state index is 0.154. The number of carbonyl (C=O) groups excluding carboxylic acids is 1. The largest absolute Gasteiger partial charge is 0.494 e. The molecule has 1 saturated heterocycles. The second kappa shape index (κ2) is 8.53. The fraction of sp³-hybridized carbons (Fsp3) is 0.350. The lowest BCUT2D eigenvalue weighted by molar-refractivity contribution is 0.0679. The average molecular weight is 341 g/mol. The monoisotopic (exact) mass is 341 g/mol. The molecule has 1 amide bonds. The predicted octanol–water partition coefficient (Wildman–Crippen LogP) is 3.90. The van der Waals surface area contributed by atoms with Crippen molar-refractivity contribution in [1.29, 1.82) is 0 Å². The van der Waals surface area contributed by atoms with Crippen LogP contribution in [-0.2, 0) is 4.74 Å². The highest BCUT2D eigenvalue weighted by Gasteiger charge is 2.16. The number of amides is 1. The number of hydrogen-bond donors (Lipinski definition) is 1. The van der Waals surface area contributed by atoms with Gasteiger partial charge in [0.15, 0.2) is 0 Å². The molecule has 0 saturated carbocycles. The van der Waals surface area contributed by atoms with Crippen LogP contribution < -0.4 is 14.8 Å². The molecule has 1 aliphatic rings. The van der Waals surface area contributed by atoms with Gasteiger partial charge in [0.1, 0.15) is 18.1 Å². The minimum Gasteiger partial charge on any atom is -0.494 e. The molecule has 132 valence electrons. The summed E-state index contributed by atoms with van der Waals surface area (Å²) in [5.74, 6) is 1.28. The van der Waals surface area contributed by atoms with Crippen LogP contribution in [0.15, 0.2) is 48.5 Å². The van der Waals surface area contributed by atoms with E-state index in [9.17, 15) is 4.79 Å². The minimum atomic E-state index is -0.174. The van der Waals surface area contributed by atoms with Crippen molar-refractivity contribution in [3.05, 3.63) is 54.1 Å². The topological polar surface area (TPSA) is 56.8 Å². The van der Waals surface area contributed by atoms with Gasteiger partial charge in [-0.3, -0.25) is 4.79 Å². The smallest absolute Gasteiger partial charge is 0.255 e. The summed E-state index contributed by atoms with van der Waals surface area (Å²) in [6.45, 7) is 3.87. The van der Waals surface area contributed by atoms with Crippen LogP contribution in [0, 0.1) is 0 Å². The summed E-state index contributed by atoms with van der Waals surface area (Å²) in [7, 11) is 0. The number of nitrogens with one attached hydrogen (secondary N) is 1. The number of benzene rings is 2. The Morgan fingerprint density at radius 1 is 1.16 bits per heavy atom. The zero-order valence-corrected chi connectivity index (χ0v) is 14.4. The molecule has 5 nitrogen and oxygen atoms in total.